The van der Waals surface area contributed by atoms with Gasteiger partial charge in [-0.15, -0.1) is 0 Å². The number of primary amides is 3. The summed E-state index contributed by atoms with van der Waals surface area (Å²) in [4.78, 5) is 42.5. The van der Waals surface area contributed by atoms with E-state index in [4.69, 9.17) is 17.2 Å². The Hall–Kier alpha value is -4.65. The Balaban J connectivity index is 1.60. The van der Waals surface area contributed by atoms with Crippen LogP contribution in [0.1, 0.15) is 78.2 Å². The number of para-hydroxylation sites is 1. The summed E-state index contributed by atoms with van der Waals surface area (Å²) in [6.07, 6.45) is 2.38. The maximum Gasteiger partial charge on any atom is 0.252 e. The van der Waals surface area contributed by atoms with Crippen LogP contribution in [0.2, 0.25) is 0 Å². The zero-order valence-corrected chi connectivity index (χ0v) is 27.2. The fourth-order valence-corrected chi connectivity index (χ4v) is 6.33. The molecule has 0 radical (unpaired) electrons. The minimum absolute atomic E-state index is 0.0794. The van der Waals surface area contributed by atoms with Crippen LogP contribution >= 0.6 is 0 Å². The average molecular weight is 647 g/mol. The molecule has 1 aliphatic heterocycles. The number of aryl methyl sites for hydroxylation is 2. The Morgan fingerprint density at radius 3 is 1.26 bits per heavy atom. The molecule has 3 aromatic rings. The summed E-state index contributed by atoms with van der Waals surface area (Å²) in [5.41, 5.74) is 20.3. The molecule has 0 saturated carbocycles. The van der Waals surface area contributed by atoms with Gasteiger partial charge >= 0.3 is 0 Å². The van der Waals surface area contributed by atoms with Crippen LogP contribution in [0.3, 0.4) is 0 Å². The standard InChI is InChI=1S/C35H46N6O6/c1-22-15-25(31(43)28(17-22)34(37)46)20-40-11-4-9-39(19-24-7-3-8-27(30(24)42)33(36)45)10-5-12-41(14-6-13-40)21-26-16-23(2)18-29(32(26)44)35(38)47/h3,7-8,15-18,42-44H,4-6,9-14,19-21H2,1-2H3,(H2,36,45)(H2,37,46)(H2,38,47). The number of carbonyl (C=O) groups excluding carboxylic acids is 3. The predicted molar refractivity (Wildman–Crippen MR) is 179 cm³/mol. The summed E-state index contributed by atoms with van der Waals surface area (Å²) in [6.45, 7) is 9.14. The van der Waals surface area contributed by atoms with Gasteiger partial charge in [-0.1, -0.05) is 24.3 Å². The van der Waals surface area contributed by atoms with Crippen molar-refractivity contribution in [3.8, 4) is 17.2 Å². The van der Waals surface area contributed by atoms with E-state index in [1.165, 1.54) is 6.07 Å². The minimum atomic E-state index is -0.692. The molecule has 0 bridgehead atoms. The largest absolute Gasteiger partial charge is 0.507 e. The number of nitrogens with two attached hydrogens (primary N) is 3. The molecular formula is C35H46N6O6. The predicted octanol–water partition coefficient (Wildman–Crippen LogP) is 2.71. The molecule has 4 rings (SSSR count). The van der Waals surface area contributed by atoms with Crippen LogP contribution in [0.5, 0.6) is 17.2 Å². The smallest absolute Gasteiger partial charge is 0.252 e. The van der Waals surface area contributed by atoms with Gasteiger partial charge in [0.2, 0.25) is 0 Å². The number of phenols is 3. The molecule has 0 spiro atoms. The zero-order chi connectivity index (χ0) is 34.2. The van der Waals surface area contributed by atoms with E-state index in [9.17, 15) is 29.7 Å². The molecular weight excluding hydrogens is 600 g/mol. The average Bonchev–Trinajstić information content (AvgIpc) is 2.99. The monoisotopic (exact) mass is 646 g/mol. The summed E-state index contributed by atoms with van der Waals surface area (Å²) in [5, 5.41) is 32.5. The second kappa shape index (κ2) is 15.8. The Morgan fingerprint density at radius 1 is 0.553 bits per heavy atom. The van der Waals surface area contributed by atoms with Gasteiger partial charge in [-0.05, 0) is 102 Å². The van der Waals surface area contributed by atoms with E-state index in [1.807, 2.05) is 26.0 Å². The lowest BCUT2D eigenvalue weighted by Crippen LogP contribution is -2.36. The molecule has 9 N–H and O–H groups in total. The lowest BCUT2D eigenvalue weighted by atomic mass is 10.0. The molecule has 1 fully saturated rings. The van der Waals surface area contributed by atoms with Crippen molar-refractivity contribution in [2.45, 2.75) is 52.7 Å². The van der Waals surface area contributed by atoms with Crippen molar-refractivity contribution in [2.75, 3.05) is 39.3 Å². The molecule has 0 aliphatic carbocycles. The Labute approximate surface area is 275 Å². The third-order valence-electron chi connectivity index (χ3n) is 8.61. The molecule has 1 aliphatic rings. The second-order valence-corrected chi connectivity index (χ2v) is 12.4. The zero-order valence-electron chi connectivity index (χ0n) is 27.2. The highest BCUT2D eigenvalue weighted by Gasteiger charge is 2.21. The molecule has 0 atom stereocenters. The molecule has 0 aromatic heterocycles. The van der Waals surface area contributed by atoms with Gasteiger partial charge in [0.15, 0.2) is 0 Å². The van der Waals surface area contributed by atoms with Crippen molar-refractivity contribution in [2.24, 2.45) is 17.2 Å². The van der Waals surface area contributed by atoms with Gasteiger partial charge in [0, 0.05) is 36.3 Å². The molecule has 1 saturated heterocycles. The van der Waals surface area contributed by atoms with Gasteiger partial charge in [-0.25, -0.2) is 0 Å². The van der Waals surface area contributed by atoms with Crippen molar-refractivity contribution in [3.63, 3.8) is 0 Å². The van der Waals surface area contributed by atoms with Crippen LogP contribution in [-0.2, 0) is 19.6 Å². The first kappa shape index (κ1) is 35.2. The molecule has 12 heteroatoms. The first-order chi connectivity index (χ1) is 22.3. The first-order valence-electron chi connectivity index (χ1n) is 15.9. The van der Waals surface area contributed by atoms with E-state index in [-0.39, 0.29) is 33.9 Å². The third-order valence-corrected chi connectivity index (χ3v) is 8.61. The number of benzene rings is 3. The Bertz CT molecular complexity index is 1540. The molecule has 12 nitrogen and oxygen atoms in total. The van der Waals surface area contributed by atoms with Gasteiger partial charge < -0.3 is 32.5 Å². The highest BCUT2D eigenvalue weighted by molar-refractivity contribution is 5.97. The number of rotatable bonds is 9. The Morgan fingerprint density at radius 2 is 0.894 bits per heavy atom. The molecule has 47 heavy (non-hydrogen) atoms. The van der Waals surface area contributed by atoms with Crippen molar-refractivity contribution >= 4 is 17.7 Å². The van der Waals surface area contributed by atoms with Crippen LogP contribution in [0.25, 0.3) is 0 Å². The van der Waals surface area contributed by atoms with Gasteiger partial charge in [-0.3, -0.25) is 29.1 Å². The lowest BCUT2D eigenvalue weighted by molar-refractivity contribution is 0.0988. The Kier molecular flexibility index (Phi) is 11.8. The van der Waals surface area contributed by atoms with Crippen LogP contribution < -0.4 is 17.2 Å². The summed E-state index contributed by atoms with van der Waals surface area (Å²) in [7, 11) is 0. The van der Waals surface area contributed by atoms with Crippen LogP contribution in [-0.4, -0.2) is 87.0 Å². The minimum Gasteiger partial charge on any atom is -0.507 e. The fraction of sp³-hybridized carbons (Fsp3) is 0.400. The second-order valence-electron chi connectivity index (χ2n) is 12.4. The van der Waals surface area contributed by atoms with E-state index in [1.54, 1.807) is 24.3 Å². The highest BCUT2D eigenvalue weighted by atomic mass is 16.3. The van der Waals surface area contributed by atoms with Gasteiger partial charge in [0.05, 0.1) is 16.7 Å². The molecule has 252 valence electrons. The molecule has 0 unspecified atom stereocenters. The van der Waals surface area contributed by atoms with Crippen molar-refractivity contribution in [3.05, 3.63) is 87.0 Å². The number of nitrogens with zero attached hydrogens (tertiary/aromatic N) is 3. The quantitative estimate of drug-likeness (QED) is 0.202. The maximum absolute atomic E-state index is 12.0. The number of hydrogen-bond acceptors (Lipinski definition) is 9. The summed E-state index contributed by atoms with van der Waals surface area (Å²) < 4.78 is 0. The summed E-state index contributed by atoms with van der Waals surface area (Å²) in [5.74, 6) is -2.40. The van der Waals surface area contributed by atoms with Crippen molar-refractivity contribution < 1.29 is 29.7 Å². The van der Waals surface area contributed by atoms with E-state index in [2.05, 4.69) is 14.7 Å². The summed E-state index contributed by atoms with van der Waals surface area (Å²) in [6, 6.07) is 11.9. The summed E-state index contributed by atoms with van der Waals surface area (Å²) >= 11 is 0. The maximum atomic E-state index is 12.0. The number of hydrogen-bond donors (Lipinski definition) is 6. The lowest BCUT2D eigenvalue weighted by Gasteiger charge is -2.31. The van der Waals surface area contributed by atoms with Crippen LogP contribution in [0.15, 0.2) is 42.5 Å². The molecule has 1 heterocycles. The van der Waals surface area contributed by atoms with Crippen molar-refractivity contribution in [1.82, 2.24) is 14.7 Å². The first-order valence-corrected chi connectivity index (χ1v) is 15.9. The van der Waals surface area contributed by atoms with Gasteiger partial charge in [-0.2, -0.15) is 0 Å². The SMILES string of the molecule is Cc1cc(CN2CCCN(Cc3cccc(C(N)=O)c3O)CCCN(Cc3cc(C)cc(C(N)=O)c3O)CCC2)c(O)c(C(N)=O)c1. The molecule has 3 aromatic carbocycles. The normalized spacial score (nSPS) is 15.9. The van der Waals surface area contributed by atoms with E-state index >= 15 is 0 Å². The number of amides is 3. The molecule has 3 amide bonds. The number of carbonyl (C=O) groups is 3. The third kappa shape index (κ3) is 9.22. The van der Waals surface area contributed by atoms with Crippen LogP contribution in [0, 0.1) is 13.8 Å². The van der Waals surface area contributed by atoms with E-state index in [0.717, 1.165) is 30.4 Å². The van der Waals surface area contributed by atoms with Gasteiger partial charge in [0.1, 0.15) is 17.2 Å². The van der Waals surface area contributed by atoms with Crippen LogP contribution in [0.4, 0.5) is 0 Å². The highest BCUT2D eigenvalue weighted by Crippen LogP contribution is 2.28. The van der Waals surface area contributed by atoms with Gasteiger partial charge in [0.25, 0.3) is 17.7 Å². The topological polar surface area (TPSA) is 200 Å². The number of aromatic hydroxyl groups is 3. The van der Waals surface area contributed by atoms with Crippen molar-refractivity contribution in [1.29, 1.82) is 0 Å². The fourth-order valence-electron chi connectivity index (χ4n) is 6.33. The van der Waals surface area contributed by atoms with E-state index in [0.29, 0.717) is 75.6 Å². The van der Waals surface area contributed by atoms with E-state index < -0.39 is 17.7 Å².